The van der Waals surface area contributed by atoms with Gasteiger partial charge < -0.3 is 24.8 Å². The van der Waals surface area contributed by atoms with Crippen molar-refractivity contribution in [1.82, 2.24) is 15.2 Å². The van der Waals surface area contributed by atoms with Crippen molar-refractivity contribution < 1.29 is 23.8 Å². The highest BCUT2D eigenvalue weighted by atomic mass is 35.5. The van der Waals surface area contributed by atoms with Gasteiger partial charge in [0, 0.05) is 42.7 Å². The number of aromatic nitrogens is 1. The van der Waals surface area contributed by atoms with E-state index in [-0.39, 0.29) is 11.5 Å². The third-order valence-electron chi connectivity index (χ3n) is 5.02. The van der Waals surface area contributed by atoms with Crippen molar-refractivity contribution in [2.24, 2.45) is 0 Å². The number of hydrogen-bond acceptors (Lipinski definition) is 9. The molecule has 0 unspecified atom stereocenters. The van der Waals surface area contributed by atoms with Gasteiger partial charge in [-0.15, -0.1) is 11.3 Å². The summed E-state index contributed by atoms with van der Waals surface area (Å²) in [4.78, 5) is 28.8. The second kappa shape index (κ2) is 16.8. The number of carbonyl (C=O) groups is 2. The summed E-state index contributed by atoms with van der Waals surface area (Å²) in [5.41, 5.74) is 1.28. The first-order valence-corrected chi connectivity index (χ1v) is 13.8. The van der Waals surface area contributed by atoms with Crippen LogP contribution in [0.15, 0.2) is 35.2 Å². The van der Waals surface area contributed by atoms with Crippen molar-refractivity contribution in [3.8, 4) is 10.6 Å². The summed E-state index contributed by atoms with van der Waals surface area (Å²) in [5, 5.41) is 9.45. The molecule has 0 radical (unpaired) electrons. The van der Waals surface area contributed by atoms with E-state index in [4.69, 9.17) is 32.7 Å². The minimum atomic E-state index is -0.318. The Kier molecular flexibility index (Phi) is 14.2. The number of likely N-dealkylation sites (N-methyl/N-ethyl adjacent to an activating group) is 1. The first kappa shape index (κ1) is 32.2. The zero-order chi connectivity index (χ0) is 28.0. The Balaban J connectivity index is 0.000000638. The molecule has 2 heterocycles. The van der Waals surface area contributed by atoms with E-state index in [0.29, 0.717) is 55.3 Å². The van der Waals surface area contributed by atoms with Gasteiger partial charge in [-0.25, -0.2) is 4.98 Å². The van der Waals surface area contributed by atoms with E-state index in [1.54, 1.807) is 12.1 Å². The van der Waals surface area contributed by atoms with Gasteiger partial charge in [-0.3, -0.25) is 14.5 Å². The average molecular weight is 588 g/mol. The Hall–Kier alpha value is -2.05. The van der Waals surface area contributed by atoms with Crippen molar-refractivity contribution in [1.29, 1.82) is 0 Å². The van der Waals surface area contributed by atoms with Crippen LogP contribution in [0.2, 0.25) is 10.0 Å². The Morgan fingerprint density at radius 2 is 1.89 bits per heavy atom. The molecule has 210 valence electrons. The predicted octanol–water partition coefficient (Wildman–Crippen LogP) is 4.51. The van der Waals surface area contributed by atoms with Gasteiger partial charge in [0.05, 0.1) is 36.5 Å². The summed E-state index contributed by atoms with van der Waals surface area (Å²) in [6.45, 7) is 11.3. The molecule has 9 nitrogen and oxygen atoms in total. The second-order valence-corrected chi connectivity index (χ2v) is 10.9. The maximum absolute atomic E-state index is 12.6. The minimum Gasteiger partial charge on any atom is -0.462 e. The molecule has 0 spiro atoms. The number of benzene rings is 1. The Morgan fingerprint density at radius 1 is 1.16 bits per heavy atom. The number of thiazole rings is 1. The molecule has 0 saturated heterocycles. The summed E-state index contributed by atoms with van der Waals surface area (Å²) in [5.74, 6) is 0.393. The molecule has 3 rings (SSSR count). The Morgan fingerprint density at radius 3 is 2.53 bits per heavy atom. The average Bonchev–Trinajstić information content (AvgIpc) is 3.52. The first-order valence-electron chi connectivity index (χ1n) is 12.2. The van der Waals surface area contributed by atoms with Crippen molar-refractivity contribution in [2.45, 2.75) is 26.4 Å². The molecule has 0 saturated carbocycles. The van der Waals surface area contributed by atoms with Gasteiger partial charge in [0.1, 0.15) is 16.4 Å². The Bertz CT molecular complexity index is 1060. The zero-order valence-electron chi connectivity index (χ0n) is 22.2. The summed E-state index contributed by atoms with van der Waals surface area (Å²) >= 11 is 13.5. The summed E-state index contributed by atoms with van der Waals surface area (Å²) in [6, 6.07) is 5.35. The molecular weight excluding hydrogens is 551 g/mol. The van der Waals surface area contributed by atoms with Gasteiger partial charge in [-0.05, 0) is 40.0 Å². The van der Waals surface area contributed by atoms with Crippen LogP contribution >= 0.6 is 34.5 Å². The summed E-state index contributed by atoms with van der Waals surface area (Å²) < 4.78 is 15.5. The molecule has 2 aromatic rings. The highest BCUT2D eigenvalue weighted by molar-refractivity contribution is 7.13. The monoisotopic (exact) mass is 586 g/mol. The third-order valence-corrected chi connectivity index (χ3v) is 6.65. The van der Waals surface area contributed by atoms with Crippen LogP contribution in [0.5, 0.6) is 0 Å². The highest BCUT2D eigenvalue weighted by Gasteiger charge is 2.20. The molecule has 1 aromatic carbocycles. The van der Waals surface area contributed by atoms with Gasteiger partial charge in [0.2, 0.25) is 0 Å². The predicted molar refractivity (Wildman–Crippen MR) is 153 cm³/mol. The second-order valence-electron chi connectivity index (χ2n) is 9.24. The fourth-order valence-corrected chi connectivity index (χ4v) is 4.11. The standard InChI is InChI=1S/C21H26Cl2N4O3S.C5H10O2/c1-24-5-8-29-10-11-30-9-7-27-6-4-16(13-27)20(28)25-19-14-31-21(26-19)15-2-3-17(22)18(23)12-15;1-5(2,3)7-4-6/h2-4,12,14,24H,5-11,13H2,1H3,(H,25,28);4H,1-3H3. The number of amides is 1. The van der Waals surface area contributed by atoms with Gasteiger partial charge in [-0.2, -0.15) is 0 Å². The lowest BCUT2D eigenvalue weighted by atomic mass is 10.2. The van der Waals surface area contributed by atoms with Gasteiger partial charge in [-0.1, -0.05) is 35.3 Å². The number of halogens is 2. The first-order chi connectivity index (χ1) is 18.1. The molecule has 38 heavy (non-hydrogen) atoms. The Labute approximate surface area is 238 Å². The van der Waals surface area contributed by atoms with Crippen molar-refractivity contribution >= 4 is 52.7 Å². The lowest BCUT2D eigenvalue weighted by Gasteiger charge is -2.15. The number of nitrogens with zero attached hydrogens (tertiary/aromatic N) is 2. The van der Waals surface area contributed by atoms with Gasteiger partial charge >= 0.3 is 0 Å². The fourth-order valence-electron chi connectivity index (χ4n) is 3.07. The van der Waals surface area contributed by atoms with E-state index in [2.05, 4.69) is 25.3 Å². The number of ether oxygens (including phenoxy) is 3. The number of rotatable bonds is 13. The van der Waals surface area contributed by atoms with Crippen LogP contribution < -0.4 is 10.6 Å². The van der Waals surface area contributed by atoms with Crippen LogP contribution in [-0.4, -0.2) is 87.5 Å². The molecule has 12 heteroatoms. The largest absolute Gasteiger partial charge is 0.462 e. The van der Waals surface area contributed by atoms with Gasteiger partial charge in [0.15, 0.2) is 0 Å². The lowest BCUT2D eigenvalue weighted by Crippen LogP contribution is -2.28. The number of hydrogen-bond donors (Lipinski definition) is 2. The zero-order valence-corrected chi connectivity index (χ0v) is 24.5. The van der Waals surface area contributed by atoms with E-state index >= 15 is 0 Å². The topological polar surface area (TPSA) is 102 Å². The van der Waals surface area contributed by atoms with Crippen LogP contribution in [0.1, 0.15) is 20.8 Å². The molecule has 0 fully saturated rings. The summed E-state index contributed by atoms with van der Waals surface area (Å²) in [6.07, 6.45) is 1.95. The molecule has 1 aromatic heterocycles. The van der Waals surface area contributed by atoms with Crippen molar-refractivity contribution in [3.63, 3.8) is 0 Å². The smallest absolute Gasteiger partial charge is 0.293 e. The number of anilines is 1. The maximum atomic E-state index is 12.6. The molecule has 0 bridgehead atoms. The number of nitrogens with one attached hydrogen (secondary N) is 2. The molecular formula is C26H36Cl2N4O5S. The van der Waals surface area contributed by atoms with E-state index in [1.165, 1.54) is 11.3 Å². The fraction of sp³-hybridized carbons (Fsp3) is 0.500. The molecule has 2 N–H and O–H groups in total. The maximum Gasteiger partial charge on any atom is 0.293 e. The van der Waals surface area contributed by atoms with Crippen LogP contribution in [0, 0.1) is 0 Å². The summed E-state index contributed by atoms with van der Waals surface area (Å²) in [7, 11) is 1.89. The van der Waals surface area contributed by atoms with Crippen LogP contribution in [0.25, 0.3) is 10.6 Å². The third kappa shape index (κ3) is 12.2. The van der Waals surface area contributed by atoms with E-state index in [9.17, 15) is 9.59 Å². The molecule has 0 atom stereocenters. The highest BCUT2D eigenvalue weighted by Crippen LogP contribution is 2.31. The quantitative estimate of drug-likeness (QED) is 0.261. The van der Waals surface area contributed by atoms with Crippen molar-refractivity contribution in [2.75, 3.05) is 65.0 Å². The molecule has 1 aliphatic heterocycles. The normalized spacial score (nSPS) is 13.5. The SMILES string of the molecule is CC(C)(C)OC=O.CNCCOCCOCCN1CC=C(C(=O)Nc2csc(-c3ccc(Cl)c(Cl)c3)n2)C1. The number of carbonyl (C=O) groups excluding carboxylic acids is 2. The molecule has 1 amide bonds. The molecule has 1 aliphatic rings. The minimum absolute atomic E-state index is 0.132. The van der Waals surface area contributed by atoms with Crippen LogP contribution in [0.3, 0.4) is 0 Å². The van der Waals surface area contributed by atoms with E-state index in [0.717, 1.165) is 35.8 Å². The molecule has 0 aliphatic carbocycles. The van der Waals surface area contributed by atoms with Crippen LogP contribution in [0.4, 0.5) is 5.82 Å². The van der Waals surface area contributed by atoms with E-state index < -0.39 is 0 Å². The van der Waals surface area contributed by atoms with Gasteiger partial charge in [0.25, 0.3) is 12.4 Å². The van der Waals surface area contributed by atoms with E-state index in [1.807, 2.05) is 45.3 Å². The lowest BCUT2D eigenvalue weighted by molar-refractivity contribution is -0.138. The van der Waals surface area contributed by atoms with Crippen LogP contribution in [-0.2, 0) is 23.8 Å². The van der Waals surface area contributed by atoms with Crippen molar-refractivity contribution in [3.05, 3.63) is 45.3 Å².